The van der Waals surface area contributed by atoms with Crippen molar-refractivity contribution < 1.29 is 9.18 Å². The molecular formula is C16H19FN4O. The number of aryl methyl sites for hydroxylation is 1. The number of anilines is 1. The molecule has 1 heterocycles. The van der Waals surface area contributed by atoms with E-state index >= 15 is 0 Å². The van der Waals surface area contributed by atoms with Crippen LogP contribution in [-0.4, -0.2) is 22.4 Å². The van der Waals surface area contributed by atoms with Crippen LogP contribution in [0.25, 0.3) is 0 Å². The van der Waals surface area contributed by atoms with Crippen LogP contribution in [-0.2, 0) is 6.54 Å². The fraction of sp³-hybridized carbons (Fsp3) is 0.312. The van der Waals surface area contributed by atoms with E-state index in [2.05, 4.69) is 20.6 Å². The van der Waals surface area contributed by atoms with Gasteiger partial charge in [0.25, 0.3) is 5.91 Å². The van der Waals surface area contributed by atoms with Gasteiger partial charge >= 0.3 is 0 Å². The van der Waals surface area contributed by atoms with E-state index in [0.717, 1.165) is 6.42 Å². The Balaban J connectivity index is 2.09. The zero-order valence-electron chi connectivity index (χ0n) is 12.7. The van der Waals surface area contributed by atoms with Gasteiger partial charge < -0.3 is 10.6 Å². The van der Waals surface area contributed by atoms with Crippen LogP contribution < -0.4 is 10.6 Å². The Hall–Kier alpha value is -2.50. The monoisotopic (exact) mass is 302 g/mol. The van der Waals surface area contributed by atoms with E-state index in [4.69, 9.17) is 0 Å². The molecule has 5 nitrogen and oxygen atoms in total. The maximum Gasteiger partial charge on any atom is 0.270 e. The molecule has 0 saturated heterocycles. The van der Waals surface area contributed by atoms with Crippen molar-refractivity contribution in [2.24, 2.45) is 0 Å². The minimum absolute atomic E-state index is 0.235. The molecule has 0 radical (unpaired) electrons. The first-order chi connectivity index (χ1) is 10.6. The molecule has 1 aromatic carbocycles. The second-order valence-electron chi connectivity index (χ2n) is 4.92. The number of amides is 1. The smallest absolute Gasteiger partial charge is 0.270 e. The normalized spacial score (nSPS) is 10.3. The maximum atomic E-state index is 13.6. The van der Waals surface area contributed by atoms with Crippen LogP contribution >= 0.6 is 0 Å². The molecule has 0 bridgehead atoms. The molecule has 0 aliphatic heterocycles. The molecule has 22 heavy (non-hydrogen) atoms. The third-order valence-corrected chi connectivity index (χ3v) is 3.02. The third-order valence-electron chi connectivity index (χ3n) is 3.02. The number of halogens is 1. The van der Waals surface area contributed by atoms with Gasteiger partial charge in [-0.25, -0.2) is 14.4 Å². The van der Waals surface area contributed by atoms with Crippen molar-refractivity contribution in [2.75, 3.05) is 11.9 Å². The summed E-state index contributed by atoms with van der Waals surface area (Å²) in [5.41, 5.74) is 1.49. The van der Waals surface area contributed by atoms with Gasteiger partial charge in [-0.1, -0.05) is 25.1 Å². The molecule has 1 amide bonds. The first-order valence-corrected chi connectivity index (χ1v) is 7.21. The standard InChI is InChI=1S/C16H19FN4O/c1-3-8-18-15(22)14-9-11(2)20-16(21-14)19-10-12-6-4-5-7-13(12)17/h4-7,9H,3,8,10H2,1-2H3,(H,18,22)(H,19,20,21). The summed E-state index contributed by atoms with van der Waals surface area (Å²) in [5.74, 6) is -0.213. The summed E-state index contributed by atoms with van der Waals surface area (Å²) in [5, 5.41) is 5.72. The Morgan fingerprint density at radius 1 is 1.27 bits per heavy atom. The van der Waals surface area contributed by atoms with Gasteiger partial charge in [-0.3, -0.25) is 4.79 Å². The molecule has 0 aliphatic rings. The Kier molecular flexibility index (Phi) is 5.41. The Morgan fingerprint density at radius 2 is 2.05 bits per heavy atom. The highest BCUT2D eigenvalue weighted by molar-refractivity contribution is 5.92. The molecule has 2 aromatic rings. The minimum atomic E-state index is -0.288. The molecular weight excluding hydrogens is 283 g/mol. The molecule has 0 aliphatic carbocycles. The first-order valence-electron chi connectivity index (χ1n) is 7.21. The van der Waals surface area contributed by atoms with Crippen LogP contribution in [0.1, 0.15) is 35.1 Å². The summed E-state index contributed by atoms with van der Waals surface area (Å²) in [6, 6.07) is 8.11. The molecule has 0 atom stereocenters. The minimum Gasteiger partial charge on any atom is -0.351 e. The quantitative estimate of drug-likeness (QED) is 0.861. The van der Waals surface area contributed by atoms with E-state index in [-0.39, 0.29) is 18.3 Å². The van der Waals surface area contributed by atoms with E-state index in [1.165, 1.54) is 6.07 Å². The topological polar surface area (TPSA) is 66.9 Å². The van der Waals surface area contributed by atoms with Crippen LogP contribution in [0, 0.1) is 12.7 Å². The summed E-state index contributed by atoms with van der Waals surface area (Å²) in [6.45, 7) is 4.62. The molecule has 6 heteroatoms. The fourth-order valence-electron chi connectivity index (χ4n) is 1.91. The van der Waals surface area contributed by atoms with Crippen LogP contribution in [0.15, 0.2) is 30.3 Å². The number of rotatable bonds is 6. The van der Waals surface area contributed by atoms with E-state index in [1.54, 1.807) is 31.2 Å². The van der Waals surface area contributed by atoms with Gasteiger partial charge in [0.1, 0.15) is 11.5 Å². The fourth-order valence-corrected chi connectivity index (χ4v) is 1.91. The molecule has 2 rings (SSSR count). The number of benzene rings is 1. The number of nitrogens with one attached hydrogen (secondary N) is 2. The predicted octanol–water partition coefficient (Wildman–Crippen LogP) is 2.68. The molecule has 116 valence electrons. The number of carbonyl (C=O) groups excluding carboxylic acids is 1. The van der Waals surface area contributed by atoms with Crippen molar-refractivity contribution >= 4 is 11.9 Å². The lowest BCUT2D eigenvalue weighted by Crippen LogP contribution is -2.25. The highest BCUT2D eigenvalue weighted by atomic mass is 19.1. The number of hydrogen-bond donors (Lipinski definition) is 2. The average Bonchev–Trinajstić information content (AvgIpc) is 2.51. The zero-order valence-corrected chi connectivity index (χ0v) is 12.7. The zero-order chi connectivity index (χ0) is 15.9. The van der Waals surface area contributed by atoms with Crippen molar-refractivity contribution in [1.29, 1.82) is 0 Å². The van der Waals surface area contributed by atoms with Crippen molar-refractivity contribution in [3.63, 3.8) is 0 Å². The van der Waals surface area contributed by atoms with Crippen LogP contribution in [0.5, 0.6) is 0 Å². The van der Waals surface area contributed by atoms with Gasteiger partial charge in [0.05, 0.1) is 0 Å². The number of carbonyl (C=O) groups is 1. The van der Waals surface area contributed by atoms with E-state index in [9.17, 15) is 9.18 Å². The molecule has 0 unspecified atom stereocenters. The van der Waals surface area contributed by atoms with E-state index in [1.807, 2.05) is 6.92 Å². The molecule has 1 aromatic heterocycles. The average molecular weight is 302 g/mol. The molecule has 0 fully saturated rings. The Bertz CT molecular complexity index is 660. The van der Waals surface area contributed by atoms with Gasteiger partial charge in [0, 0.05) is 24.3 Å². The number of aromatic nitrogens is 2. The summed E-state index contributed by atoms with van der Waals surface area (Å²) < 4.78 is 13.6. The van der Waals surface area contributed by atoms with Crippen molar-refractivity contribution in [2.45, 2.75) is 26.8 Å². The first kappa shape index (κ1) is 15.9. The van der Waals surface area contributed by atoms with Crippen molar-refractivity contribution in [3.8, 4) is 0 Å². The van der Waals surface area contributed by atoms with Crippen LogP contribution in [0.4, 0.5) is 10.3 Å². The highest BCUT2D eigenvalue weighted by Gasteiger charge is 2.10. The predicted molar refractivity (Wildman–Crippen MR) is 83.1 cm³/mol. The second kappa shape index (κ2) is 7.49. The Morgan fingerprint density at radius 3 is 2.77 bits per heavy atom. The molecule has 2 N–H and O–H groups in total. The maximum absolute atomic E-state index is 13.6. The third kappa shape index (κ3) is 4.25. The second-order valence-corrected chi connectivity index (χ2v) is 4.92. The Labute approximate surface area is 129 Å². The lowest BCUT2D eigenvalue weighted by atomic mass is 10.2. The van der Waals surface area contributed by atoms with Gasteiger partial charge in [-0.2, -0.15) is 0 Å². The summed E-state index contributed by atoms with van der Waals surface area (Å²) in [4.78, 5) is 20.3. The largest absolute Gasteiger partial charge is 0.351 e. The van der Waals surface area contributed by atoms with Gasteiger partial charge in [-0.05, 0) is 25.5 Å². The lowest BCUT2D eigenvalue weighted by molar-refractivity contribution is 0.0948. The van der Waals surface area contributed by atoms with E-state index < -0.39 is 0 Å². The molecule has 0 saturated carbocycles. The van der Waals surface area contributed by atoms with Crippen LogP contribution in [0.3, 0.4) is 0 Å². The summed E-state index contributed by atoms with van der Waals surface area (Å²) in [6.07, 6.45) is 0.855. The van der Waals surface area contributed by atoms with Gasteiger partial charge in [0.2, 0.25) is 5.95 Å². The summed E-state index contributed by atoms with van der Waals surface area (Å²) in [7, 11) is 0. The van der Waals surface area contributed by atoms with Crippen LogP contribution in [0.2, 0.25) is 0 Å². The highest BCUT2D eigenvalue weighted by Crippen LogP contribution is 2.10. The van der Waals surface area contributed by atoms with E-state index in [0.29, 0.717) is 29.4 Å². The lowest BCUT2D eigenvalue weighted by Gasteiger charge is -2.09. The number of nitrogens with zero attached hydrogens (tertiary/aromatic N) is 2. The molecule has 0 spiro atoms. The van der Waals surface area contributed by atoms with Crippen molar-refractivity contribution in [1.82, 2.24) is 15.3 Å². The van der Waals surface area contributed by atoms with Gasteiger partial charge in [0.15, 0.2) is 0 Å². The number of hydrogen-bond acceptors (Lipinski definition) is 4. The summed E-state index contributed by atoms with van der Waals surface area (Å²) >= 11 is 0. The van der Waals surface area contributed by atoms with Crippen molar-refractivity contribution in [3.05, 3.63) is 53.1 Å². The van der Waals surface area contributed by atoms with Gasteiger partial charge in [-0.15, -0.1) is 0 Å². The SMILES string of the molecule is CCCNC(=O)c1cc(C)nc(NCc2ccccc2F)n1.